The quantitative estimate of drug-likeness (QED) is 0.861. The number of carbonyl (C=O) groups is 2. The predicted molar refractivity (Wildman–Crippen MR) is 83.3 cm³/mol. The largest absolute Gasteiger partial charge is 0.369 e. The van der Waals surface area contributed by atoms with Crippen LogP contribution in [0.25, 0.3) is 6.08 Å². The number of benzene rings is 1. The molecule has 5 heteroatoms. The number of carbonyl (C=O) groups excluding carboxylic acids is 2. The molecular formula is C17H19N3O2. The molecule has 1 aliphatic rings. The van der Waals surface area contributed by atoms with E-state index in [1.165, 1.54) is 6.08 Å². The number of nitrogens with two attached hydrogens (primary N) is 1. The van der Waals surface area contributed by atoms with E-state index in [2.05, 4.69) is 6.07 Å². The minimum absolute atomic E-state index is 0.0955. The Labute approximate surface area is 130 Å². The van der Waals surface area contributed by atoms with Gasteiger partial charge in [-0.25, -0.2) is 0 Å². The van der Waals surface area contributed by atoms with Crippen molar-refractivity contribution in [3.05, 3.63) is 41.5 Å². The molecule has 2 rings (SSSR count). The molecule has 0 spiro atoms. The first kappa shape index (κ1) is 15.8. The van der Waals surface area contributed by atoms with Crippen LogP contribution >= 0.6 is 0 Å². The molecule has 1 saturated heterocycles. The Hall–Kier alpha value is -2.61. The van der Waals surface area contributed by atoms with Gasteiger partial charge in [0.2, 0.25) is 11.8 Å². The van der Waals surface area contributed by atoms with E-state index in [0.717, 1.165) is 18.4 Å². The lowest BCUT2D eigenvalue weighted by Gasteiger charge is -2.36. The number of nitrogens with zero attached hydrogens (tertiary/aromatic N) is 2. The van der Waals surface area contributed by atoms with Gasteiger partial charge < -0.3 is 10.6 Å². The molecule has 1 aromatic rings. The van der Waals surface area contributed by atoms with Crippen LogP contribution in [0, 0.1) is 17.2 Å². The maximum absolute atomic E-state index is 12.3. The third-order valence-corrected chi connectivity index (χ3v) is 4.00. The van der Waals surface area contributed by atoms with Crippen LogP contribution in [0.4, 0.5) is 0 Å². The number of hydrogen-bond acceptors (Lipinski definition) is 3. The molecule has 1 aliphatic heterocycles. The van der Waals surface area contributed by atoms with Gasteiger partial charge in [0.1, 0.15) is 0 Å². The average Bonchev–Trinajstić information content (AvgIpc) is 2.53. The fourth-order valence-corrected chi connectivity index (χ4v) is 2.62. The summed E-state index contributed by atoms with van der Waals surface area (Å²) in [6.07, 6.45) is 4.67. The number of likely N-dealkylation sites (tertiary alicyclic amines) is 1. The number of primary amides is 1. The molecule has 1 fully saturated rings. The van der Waals surface area contributed by atoms with Gasteiger partial charge in [-0.15, -0.1) is 0 Å². The Bertz CT molecular complexity index is 646. The summed E-state index contributed by atoms with van der Waals surface area (Å²) in [6, 6.07) is 9.19. The molecule has 22 heavy (non-hydrogen) atoms. The summed E-state index contributed by atoms with van der Waals surface area (Å²) in [5.74, 6) is -0.758. The number of hydrogen-bond donors (Lipinski definition) is 1. The second-order valence-electron chi connectivity index (χ2n) is 5.59. The summed E-state index contributed by atoms with van der Waals surface area (Å²) in [6.45, 7) is 2.34. The summed E-state index contributed by atoms with van der Waals surface area (Å²) < 4.78 is 0. The molecule has 0 aromatic heterocycles. The number of nitriles is 1. The summed E-state index contributed by atoms with van der Waals surface area (Å²) in [4.78, 5) is 25.3. The van der Waals surface area contributed by atoms with Gasteiger partial charge >= 0.3 is 0 Å². The Morgan fingerprint density at radius 1 is 1.41 bits per heavy atom. The number of piperidine rings is 1. The standard InChI is InChI=1S/C17H19N3O2/c1-12-5-7-15(17(19)22)11-20(12)16(21)8-6-13-3-2-4-14(9-13)10-18/h2-4,6,8-9,12,15H,5,7,11H2,1H3,(H2,19,22)/b8-6-/t12-,15-/m1/s1. The van der Waals surface area contributed by atoms with Crippen molar-refractivity contribution in [1.82, 2.24) is 4.90 Å². The summed E-state index contributed by atoms with van der Waals surface area (Å²) >= 11 is 0. The fourth-order valence-electron chi connectivity index (χ4n) is 2.62. The van der Waals surface area contributed by atoms with Crippen molar-refractivity contribution in [2.45, 2.75) is 25.8 Å². The minimum Gasteiger partial charge on any atom is -0.369 e. The monoisotopic (exact) mass is 297 g/mol. The SMILES string of the molecule is C[C@@H]1CC[C@@H](C(N)=O)CN1C(=O)/C=C\c1cccc(C#N)c1. The lowest BCUT2D eigenvalue weighted by Crippen LogP contribution is -2.48. The second kappa shape index (κ2) is 6.90. The van der Waals surface area contributed by atoms with Crippen molar-refractivity contribution in [3.63, 3.8) is 0 Å². The molecular weight excluding hydrogens is 278 g/mol. The topological polar surface area (TPSA) is 87.2 Å². The second-order valence-corrected chi connectivity index (χ2v) is 5.59. The number of amides is 2. The first-order valence-electron chi connectivity index (χ1n) is 7.29. The highest BCUT2D eigenvalue weighted by Crippen LogP contribution is 2.22. The number of rotatable bonds is 3. The zero-order chi connectivity index (χ0) is 16.1. The first-order valence-corrected chi connectivity index (χ1v) is 7.29. The van der Waals surface area contributed by atoms with E-state index in [9.17, 15) is 9.59 Å². The van der Waals surface area contributed by atoms with Crippen molar-refractivity contribution in [3.8, 4) is 6.07 Å². The van der Waals surface area contributed by atoms with Crippen LogP contribution in [0.3, 0.4) is 0 Å². The van der Waals surface area contributed by atoms with Crippen LogP contribution < -0.4 is 5.73 Å². The highest BCUT2D eigenvalue weighted by atomic mass is 16.2. The highest BCUT2D eigenvalue weighted by molar-refractivity contribution is 5.92. The Kier molecular flexibility index (Phi) is 4.95. The maximum Gasteiger partial charge on any atom is 0.246 e. The van der Waals surface area contributed by atoms with E-state index in [1.807, 2.05) is 13.0 Å². The molecule has 0 aliphatic carbocycles. The van der Waals surface area contributed by atoms with E-state index >= 15 is 0 Å². The molecule has 0 bridgehead atoms. The normalized spacial score (nSPS) is 21.5. The van der Waals surface area contributed by atoms with Crippen molar-refractivity contribution < 1.29 is 9.59 Å². The Morgan fingerprint density at radius 2 is 2.18 bits per heavy atom. The van der Waals surface area contributed by atoms with Gasteiger partial charge in [-0.2, -0.15) is 5.26 Å². The molecule has 0 radical (unpaired) electrons. The summed E-state index contributed by atoms with van der Waals surface area (Å²) in [5, 5.41) is 8.87. The van der Waals surface area contributed by atoms with Gasteiger partial charge in [0.25, 0.3) is 0 Å². The van der Waals surface area contributed by atoms with Crippen LogP contribution in [-0.2, 0) is 9.59 Å². The van der Waals surface area contributed by atoms with Crippen molar-refractivity contribution in [2.75, 3.05) is 6.54 Å². The molecule has 1 heterocycles. The van der Waals surface area contributed by atoms with Gasteiger partial charge in [-0.3, -0.25) is 9.59 Å². The van der Waals surface area contributed by atoms with Crippen LogP contribution in [0.2, 0.25) is 0 Å². The molecule has 2 N–H and O–H groups in total. The Morgan fingerprint density at radius 3 is 2.86 bits per heavy atom. The van der Waals surface area contributed by atoms with E-state index in [4.69, 9.17) is 11.0 Å². The van der Waals surface area contributed by atoms with Gasteiger partial charge in [0.05, 0.1) is 17.6 Å². The summed E-state index contributed by atoms with van der Waals surface area (Å²) in [7, 11) is 0. The fraction of sp³-hybridized carbons (Fsp3) is 0.353. The van der Waals surface area contributed by atoms with E-state index in [0.29, 0.717) is 12.1 Å². The minimum atomic E-state index is -0.351. The van der Waals surface area contributed by atoms with Crippen LogP contribution in [-0.4, -0.2) is 29.3 Å². The van der Waals surface area contributed by atoms with E-state index in [1.54, 1.807) is 29.2 Å². The van der Waals surface area contributed by atoms with Crippen molar-refractivity contribution >= 4 is 17.9 Å². The first-order chi connectivity index (χ1) is 10.5. The average molecular weight is 297 g/mol. The smallest absolute Gasteiger partial charge is 0.246 e. The van der Waals surface area contributed by atoms with Crippen LogP contribution in [0.5, 0.6) is 0 Å². The zero-order valence-electron chi connectivity index (χ0n) is 12.5. The zero-order valence-corrected chi connectivity index (χ0v) is 12.5. The highest BCUT2D eigenvalue weighted by Gasteiger charge is 2.30. The van der Waals surface area contributed by atoms with E-state index < -0.39 is 0 Å². The van der Waals surface area contributed by atoms with Crippen molar-refractivity contribution in [1.29, 1.82) is 5.26 Å². The van der Waals surface area contributed by atoms with Gasteiger partial charge in [-0.05, 0) is 43.5 Å². The van der Waals surface area contributed by atoms with Crippen LogP contribution in [0.1, 0.15) is 30.9 Å². The van der Waals surface area contributed by atoms with Crippen molar-refractivity contribution in [2.24, 2.45) is 11.7 Å². The Balaban J connectivity index is 2.08. The third-order valence-electron chi connectivity index (χ3n) is 4.00. The molecule has 114 valence electrons. The molecule has 0 saturated carbocycles. The maximum atomic E-state index is 12.3. The predicted octanol–water partition coefficient (Wildman–Crippen LogP) is 1.68. The molecule has 0 unspecified atom stereocenters. The lowest BCUT2D eigenvalue weighted by molar-refractivity contribution is -0.133. The molecule has 2 amide bonds. The molecule has 5 nitrogen and oxygen atoms in total. The lowest BCUT2D eigenvalue weighted by atomic mass is 9.93. The molecule has 2 atom stereocenters. The van der Waals surface area contributed by atoms with Gasteiger partial charge in [-0.1, -0.05) is 12.1 Å². The third kappa shape index (κ3) is 3.73. The van der Waals surface area contributed by atoms with Gasteiger partial charge in [0.15, 0.2) is 0 Å². The molecule has 1 aromatic carbocycles. The summed E-state index contributed by atoms with van der Waals surface area (Å²) in [5.41, 5.74) is 6.69. The van der Waals surface area contributed by atoms with Crippen LogP contribution in [0.15, 0.2) is 30.3 Å². The van der Waals surface area contributed by atoms with Gasteiger partial charge in [0, 0.05) is 18.7 Å². The van der Waals surface area contributed by atoms with E-state index in [-0.39, 0.29) is 23.8 Å².